The Morgan fingerprint density at radius 3 is 2.67 bits per heavy atom. The zero-order valence-corrected chi connectivity index (χ0v) is 13.9. The number of rotatable bonds is 2. The van der Waals surface area contributed by atoms with Crippen molar-refractivity contribution in [2.75, 3.05) is 11.9 Å². The summed E-state index contributed by atoms with van der Waals surface area (Å²) in [5.74, 6) is -0.448. The van der Waals surface area contributed by atoms with Gasteiger partial charge in [-0.05, 0) is 30.0 Å². The Bertz CT molecular complexity index is 774. The van der Waals surface area contributed by atoms with Gasteiger partial charge >= 0.3 is 0 Å². The van der Waals surface area contributed by atoms with Gasteiger partial charge in [-0.1, -0.05) is 32.0 Å². The molecule has 2 aliphatic rings. The number of ether oxygens (including phenoxy) is 1. The molecule has 4 heteroatoms. The van der Waals surface area contributed by atoms with E-state index in [1.807, 2.05) is 0 Å². The summed E-state index contributed by atoms with van der Waals surface area (Å²) in [6, 6.07) is 9.98. The molecule has 0 aromatic heterocycles. The Hall–Kier alpha value is -1.94. The van der Waals surface area contributed by atoms with E-state index in [-0.39, 0.29) is 18.1 Å². The highest BCUT2D eigenvalue weighted by molar-refractivity contribution is 5.59. The first kappa shape index (κ1) is 15.6. The molecule has 4 rings (SSSR count). The van der Waals surface area contributed by atoms with Gasteiger partial charge in [0.1, 0.15) is 11.6 Å². The summed E-state index contributed by atoms with van der Waals surface area (Å²) in [6.07, 6.45) is 0.833. The van der Waals surface area contributed by atoms with Gasteiger partial charge in [-0.3, -0.25) is 0 Å². The molecule has 3 unspecified atom stereocenters. The number of anilines is 1. The van der Waals surface area contributed by atoms with Crippen LogP contribution < -0.4 is 5.32 Å². The zero-order chi connectivity index (χ0) is 16.8. The quantitative estimate of drug-likeness (QED) is 0.804. The van der Waals surface area contributed by atoms with Crippen molar-refractivity contribution >= 4 is 5.69 Å². The van der Waals surface area contributed by atoms with Gasteiger partial charge in [0.05, 0.1) is 12.1 Å². The first-order chi connectivity index (χ1) is 11.5. The summed E-state index contributed by atoms with van der Waals surface area (Å²) in [5, 5.41) is 3.47. The average molecular weight is 329 g/mol. The number of halogens is 2. The molecule has 24 heavy (non-hydrogen) atoms. The van der Waals surface area contributed by atoms with Gasteiger partial charge in [0.2, 0.25) is 0 Å². The van der Waals surface area contributed by atoms with Crippen molar-refractivity contribution in [1.29, 1.82) is 0 Å². The summed E-state index contributed by atoms with van der Waals surface area (Å²) in [5.41, 5.74) is 3.92. The molecular formula is C20H21F2NO. The molecule has 2 aromatic carbocycles. The van der Waals surface area contributed by atoms with Crippen LogP contribution in [-0.4, -0.2) is 6.61 Å². The van der Waals surface area contributed by atoms with E-state index < -0.39 is 11.6 Å². The van der Waals surface area contributed by atoms with Crippen molar-refractivity contribution in [1.82, 2.24) is 0 Å². The molecule has 126 valence electrons. The lowest BCUT2D eigenvalue weighted by Gasteiger charge is -2.37. The predicted octanol–water partition coefficient (Wildman–Crippen LogP) is 5.33. The number of hydrogen-bond acceptors (Lipinski definition) is 2. The number of fused-ring (bicyclic) bond motifs is 3. The second kappa shape index (κ2) is 5.85. The molecule has 0 spiro atoms. The van der Waals surface area contributed by atoms with Crippen LogP contribution in [0, 0.1) is 17.6 Å². The van der Waals surface area contributed by atoms with E-state index >= 15 is 0 Å². The van der Waals surface area contributed by atoms with Crippen molar-refractivity contribution in [3.63, 3.8) is 0 Å². The fraction of sp³-hybridized carbons (Fsp3) is 0.400. The molecule has 0 radical (unpaired) electrons. The maximum Gasteiger partial charge on any atom is 0.131 e. The minimum Gasteiger partial charge on any atom is -0.377 e. The second-order valence-electron chi connectivity index (χ2n) is 7.03. The minimum atomic E-state index is -0.548. The van der Waals surface area contributed by atoms with E-state index in [0.717, 1.165) is 23.7 Å². The molecule has 0 aliphatic carbocycles. The highest BCUT2D eigenvalue weighted by Crippen LogP contribution is 2.50. The lowest BCUT2D eigenvalue weighted by molar-refractivity contribution is 0.0825. The molecule has 0 amide bonds. The van der Waals surface area contributed by atoms with Crippen molar-refractivity contribution < 1.29 is 13.5 Å². The van der Waals surface area contributed by atoms with Crippen LogP contribution in [-0.2, 0) is 4.74 Å². The standard InChI is InChI=1S/C20H21F2NO/c1-11(2)12-3-6-18-16(9-12)20-15(7-8-24-20)19(23-18)14-5-4-13(21)10-17(14)22/h3-6,9-11,15,19-20,23H,7-8H2,1-2H3. The van der Waals surface area contributed by atoms with E-state index in [0.29, 0.717) is 18.1 Å². The van der Waals surface area contributed by atoms with Crippen LogP contribution in [0.25, 0.3) is 0 Å². The molecule has 1 saturated heterocycles. The van der Waals surface area contributed by atoms with E-state index in [2.05, 4.69) is 37.4 Å². The molecule has 1 fully saturated rings. The van der Waals surface area contributed by atoms with Crippen molar-refractivity contribution in [2.45, 2.75) is 38.3 Å². The Morgan fingerprint density at radius 1 is 1.08 bits per heavy atom. The largest absolute Gasteiger partial charge is 0.377 e. The number of benzene rings is 2. The normalized spacial score (nSPS) is 25.3. The maximum atomic E-state index is 14.3. The van der Waals surface area contributed by atoms with Gasteiger partial charge in [-0.2, -0.15) is 0 Å². The lowest BCUT2D eigenvalue weighted by atomic mass is 9.80. The van der Waals surface area contributed by atoms with Gasteiger partial charge in [-0.15, -0.1) is 0 Å². The topological polar surface area (TPSA) is 21.3 Å². The molecule has 3 atom stereocenters. The van der Waals surface area contributed by atoms with E-state index in [4.69, 9.17) is 4.74 Å². The molecule has 2 heterocycles. The monoisotopic (exact) mass is 329 g/mol. The van der Waals surface area contributed by atoms with Crippen LogP contribution >= 0.6 is 0 Å². The Balaban J connectivity index is 1.77. The average Bonchev–Trinajstić information content (AvgIpc) is 3.04. The van der Waals surface area contributed by atoms with Crippen LogP contribution in [0.5, 0.6) is 0 Å². The Morgan fingerprint density at radius 2 is 1.92 bits per heavy atom. The summed E-state index contributed by atoms with van der Waals surface area (Å²) in [7, 11) is 0. The Kier molecular flexibility index (Phi) is 3.80. The molecule has 2 aliphatic heterocycles. The number of nitrogens with one attached hydrogen (secondary N) is 1. The fourth-order valence-electron chi connectivity index (χ4n) is 3.91. The molecule has 2 nitrogen and oxygen atoms in total. The van der Waals surface area contributed by atoms with Crippen molar-refractivity contribution in [2.24, 2.45) is 5.92 Å². The van der Waals surface area contributed by atoms with E-state index in [9.17, 15) is 8.78 Å². The van der Waals surface area contributed by atoms with Gasteiger partial charge in [0.25, 0.3) is 0 Å². The molecule has 1 N–H and O–H groups in total. The summed E-state index contributed by atoms with van der Waals surface area (Å²) >= 11 is 0. The van der Waals surface area contributed by atoms with Crippen LogP contribution in [0.3, 0.4) is 0 Å². The third kappa shape index (κ3) is 2.49. The summed E-state index contributed by atoms with van der Waals surface area (Å²) in [6.45, 7) is 5.00. The van der Waals surface area contributed by atoms with Crippen LogP contribution in [0.15, 0.2) is 36.4 Å². The van der Waals surface area contributed by atoms with Gasteiger partial charge < -0.3 is 10.1 Å². The first-order valence-corrected chi connectivity index (χ1v) is 8.51. The van der Waals surface area contributed by atoms with Crippen LogP contribution in [0.4, 0.5) is 14.5 Å². The van der Waals surface area contributed by atoms with Crippen molar-refractivity contribution in [3.8, 4) is 0 Å². The Labute approximate surface area is 140 Å². The van der Waals surface area contributed by atoms with Crippen LogP contribution in [0.1, 0.15) is 55.0 Å². The molecular weight excluding hydrogens is 308 g/mol. The third-order valence-corrected chi connectivity index (χ3v) is 5.22. The molecule has 0 saturated carbocycles. The van der Waals surface area contributed by atoms with Crippen LogP contribution in [0.2, 0.25) is 0 Å². The number of hydrogen-bond donors (Lipinski definition) is 1. The van der Waals surface area contributed by atoms with Crippen molar-refractivity contribution in [3.05, 3.63) is 64.7 Å². The van der Waals surface area contributed by atoms with Gasteiger partial charge in [-0.25, -0.2) is 8.78 Å². The summed E-state index contributed by atoms with van der Waals surface area (Å²) < 4.78 is 33.6. The molecule has 0 bridgehead atoms. The predicted molar refractivity (Wildman–Crippen MR) is 90.1 cm³/mol. The second-order valence-corrected chi connectivity index (χ2v) is 7.03. The highest BCUT2D eigenvalue weighted by Gasteiger charge is 2.42. The molecule has 2 aromatic rings. The SMILES string of the molecule is CC(C)c1ccc2c(c1)C1OCCC1C(c1ccc(F)cc1F)N2. The van der Waals surface area contributed by atoms with E-state index in [1.165, 1.54) is 11.6 Å². The highest BCUT2D eigenvalue weighted by atomic mass is 19.1. The minimum absolute atomic E-state index is 0.0330. The fourth-order valence-corrected chi connectivity index (χ4v) is 3.91. The van der Waals surface area contributed by atoms with E-state index in [1.54, 1.807) is 6.07 Å². The smallest absolute Gasteiger partial charge is 0.131 e. The lowest BCUT2D eigenvalue weighted by Crippen LogP contribution is -2.30. The first-order valence-electron chi connectivity index (χ1n) is 8.51. The zero-order valence-electron chi connectivity index (χ0n) is 13.9. The van der Waals surface area contributed by atoms with Gasteiger partial charge in [0, 0.05) is 35.4 Å². The third-order valence-electron chi connectivity index (χ3n) is 5.22. The van der Waals surface area contributed by atoms with Gasteiger partial charge in [0.15, 0.2) is 0 Å². The maximum absolute atomic E-state index is 14.3. The summed E-state index contributed by atoms with van der Waals surface area (Å²) in [4.78, 5) is 0.